The number of piperazine rings is 1. The molecule has 124 valence electrons. The summed E-state index contributed by atoms with van der Waals surface area (Å²) in [6, 6.07) is 7.92. The van der Waals surface area contributed by atoms with Crippen LogP contribution in [0.4, 0.5) is 5.69 Å². The minimum atomic E-state index is -0.197. The molecule has 2 aliphatic rings. The average Bonchev–Trinajstić information content (AvgIpc) is 2.97. The Balaban J connectivity index is 1.63. The van der Waals surface area contributed by atoms with Crippen LogP contribution in [0.25, 0.3) is 0 Å². The molecule has 2 aliphatic heterocycles. The third kappa shape index (κ3) is 3.39. The van der Waals surface area contributed by atoms with E-state index in [0.29, 0.717) is 13.0 Å². The average molecular weight is 315 g/mol. The number of hydrogen-bond acceptors (Lipinski definition) is 3. The van der Waals surface area contributed by atoms with Crippen molar-refractivity contribution in [1.29, 1.82) is 0 Å². The van der Waals surface area contributed by atoms with Crippen molar-refractivity contribution in [2.75, 3.05) is 44.2 Å². The van der Waals surface area contributed by atoms with Crippen LogP contribution < -0.4 is 4.90 Å². The van der Waals surface area contributed by atoms with Gasteiger partial charge < -0.3 is 14.7 Å². The summed E-state index contributed by atoms with van der Waals surface area (Å²) in [7, 11) is 0. The van der Waals surface area contributed by atoms with Crippen LogP contribution in [0.3, 0.4) is 0 Å². The Bertz CT molecular complexity index is 576. The molecule has 2 fully saturated rings. The van der Waals surface area contributed by atoms with E-state index in [9.17, 15) is 9.59 Å². The monoisotopic (exact) mass is 315 g/mol. The summed E-state index contributed by atoms with van der Waals surface area (Å²) >= 11 is 0. The van der Waals surface area contributed by atoms with Gasteiger partial charge in [0.25, 0.3) is 0 Å². The highest BCUT2D eigenvalue weighted by atomic mass is 16.2. The Kier molecular flexibility index (Phi) is 4.66. The molecule has 1 aromatic carbocycles. The number of rotatable bonds is 3. The molecule has 5 heteroatoms. The molecule has 0 aromatic heterocycles. The van der Waals surface area contributed by atoms with Crippen LogP contribution >= 0.6 is 0 Å². The summed E-state index contributed by atoms with van der Waals surface area (Å²) in [4.78, 5) is 31.0. The SMILES string of the molecule is CCN1CCN(C(=O)C2CC(=O)N(c3ccc(C)cc3)C2)CC1. The van der Waals surface area contributed by atoms with E-state index in [1.165, 1.54) is 5.56 Å². The third-order valence-electron chi connectivity index (χ3n) is 4.95. The number of amides is 2. The molecular weight excluding hydrogens is 290 g/mol. The van der Waals surface area contributed by atoms with Gasteiger partial charge in [0.2, 0.25) is 11.8 Å². The Morgan fingerprint density at radius 3 is 2.39 bits per heavy atom. The lowest BCUT2D eigenvalue weighted by Crippen LogP contribution is -2.50. The molecule has 5 nitrogen and oxygen atoms in total. The van der Waals surface area contributed by atoms with Crippen LogP contribution in [0.15, 0.2) is 24.3 Å². The lowest BCUT2D eigenvalue weighted by atomic mass is 10.1. The third-order valence-corrected chi connectivity index (χ3v) is 4.95. The number of aryl methyl sites for hydroxylation is 1. The number of nitrogens with zero attached hydrogens (tertiary/aromatic N) is 3. The van der Waals surface area contributed by atoms with Crippen LogP contribution in [0.2, 0.25) is 0 Å². The van der Waals surface area contributed by atoms with Gasteiger partial charge in [-0.25, -0.2) is 0 Å². The highest BCUT2D eigenvalue weighted by Crippen LogP contribution is 2.26. The molecule has 0 aliphatic carbocycles. The fourth-order valence-corrected chi connectivity index (χ4v) is 3.39. The predicted molar refractivity (Wildman–Crippen MR) is 90.3 cm³/mol. The van der Waals surface area contributed by atoms with Crippen molar-refractivity contribution in [1.82, 2.24) is 9.80 Å². The second kappa shape index (κ2) is 6.71. The number of carbonyl (C=O) groups excluding carboxylic acids is 2. The second-order valence-corrected chi connectivity index (χ2v) is 6.50. The zero-order valence-electron chi connectivity index (χ0n) is 14.0. The fourth-order valence-electron chi connectivity index (χ4n) is 3.39. The van der Waals surface area contributed by atoms with Crippen LogP contribution in [-0.2, 0) is 9.59 Å². The highest BCUT2D eigenvalue weighted by Gasteiger charge is 2.37. The Labute approximate surface area is 137 Å². The molecule has 0 radical (unpaired) electrons. The van der Waals surface area contributed by atoms with Gasteiger partial charge in [0, 0.05) is 44.8 Å². The summed E-state index contributed by atoms with van der Waals surface area (Å²) in [5.74, 6) is 0.0000848. The summed E-state index contributed by atoms with van der Waals surface area (Å²) < 4.78 is 0. The van der Waals surface area contributed by atoms with Gasteiger partial charge in [0.1, 0.15) is 0 Å². The van der Waals surface area contributed by atoms with Crippen molar-refractivity contribution in [3.63, 3.8) is 0 Å². The second-order valence-electron chi connectivity index (χ2n) is 6.50. The summed E-state index contributed by atoms with van der Waals surface area (Å²) in [5, 5.41) is 0. The van der Waals surface area contributed by atoms with E-state index in [1.54, 1.807) is 4.90 Å². The predicted octanol–water partition coefficient (Wildman–Crippen LogP) is 1.51. The molecular formula is C18H25N3O2. The molecule has 2 heterocycles. The highest BCUT2D eigenvalue weighted by molar-refractivity contribution is 6.00. The number of carbonyl (C=O) groups is 2. The first kappa shape index (κ1) is 16.0. The zero-order chi connectivity index (χ0) is 16.4. The maximum Gasteiger partial charge on any atom is 0.228 e. The molecule has 1 atom stereocenters. The van der Waals surface area contributed by atoms with E-state index < -0.39 is 0 Å². The Hall–Kier alpha value is -1.88. The zero-order valence-corrected chi connectivity index (χ0v) is 14.0. The Morgan fingerprint density at radius 2 is 1.78 bits per heavy atom. The summed E-state index contributed by atoms with van der Waals surface area (Å²) in [6.45, 7) is 9.14. The van der Waals surface area contributed by atoms with E-state index in [0.717, 1.165) is 38.4 Å². The lowest BCUT2D eigenvalue weighted by molar-refractivity contribution is -0.137. The van der Waals surface area contributed by atoms with Crippen LogP contribution in [-0.4, -0.2) is 60.9 Å². The maximum absolute atomic E-state index is 12.7. The topological polar surface area (TPSA) is 43.9 Å². The number of likely N-dealkylation sites (N-methyl/N-ethyl adjacent to an activating group) is 1. The first-order valence-electron chi connectivity index (χ1n) is 8.46. The van der Waals surface area contributed by atoms with Crippen molar-refractivity contribution in [3.05, 3.63) is 29.8 Å². The fraction of sp³-hybridized carbons (Fsp3) is 0.556. The van der Waals surface area contributed by atoms with Crippen molar-refractivity contribution in [2.45, 2.75) is 20.3 Å². The van der Waals surface area contributed by atoms with Gasteiger partial charge in [-0.05, 0) is 25.6 Å². The van der Waals surface area contributed by atoms with Gasteiger partial charge in [0.05, 0.1) is 5.92 Å². The van der Waals surface area contributed by atoms with Crippen molar-refractivity contribution in [3.8, 4) is 0 Å². The van der Waals surface area contributed by atoms with Gasteiger partial charge >= 0.3 is 0 Å². The number of benzene rings is 1. The standard InChI is InChI=1S/C18H25N3O2/c1-3-19-8-10-20(11-9-19)18(23)15-12-17(22)21(13-15)16-6-4-14(2)5-7-16/h4-7,15H,3,8-13H2,1-2H3. The molecule has 0 saturated carbocycles. The molecule has 0 bridgehead atoms. The van der Waals surface area contributed by atoms with E-state index in [1.807, 2.05) is 36.1 Å². The Morgan fingerprint density at radius 1 is 1.13 bits per heavy atom. The number of anilines is 1. The van der Waals surface area contributed by atoms with Gasteiger partial charge in [-0.15, -0.1) is 0 Å². The van der Waals surface area contributed by atoms with Gasteiger partial charge in [-0.3, -0.25) is 9.59 Å². The lowest BCUT2D eigenvalue weighted by Gasteiger charge is -2.35. The van der Waals surface area contributed by atoms with E-state index in [2.05, 4.69) is 11.8 Å². The van der Waals surface area contributed by atoms with Crippen molar-refractivity contribution < 1.29 is 9.59 Å². The first-order chi connectivity index (χ1) is 11.1. The minimum Gasteiger partial charge on any atom is -0.340 e. The molecule has 0 N–H and O–H groups in total. The maximum atomic E-state index is 12.7. The van der Waals surface area contributed by atoms with Gasteiger partial charge in [-0.1, -0.05) is 24.6 Å². The van der Waals surface area contributed by atoms with Crippen LogP contribution in [0.5, 0.6) is 0 Å². The molecule has 2 amide bonds. The molecule has 3 rings (SSSR count). The normalized spacial score (nSPS) is 22.7. The van der Waals surface area contributed by atoms with Gasteiger partial charge in [0.15, 0.2) is 0 Å². The minimum absolute atomic E-state index is 0.0550. The molecule has 0 spiro atoms. The molecule has 1 unspecified atom stereocenters. The van der Waals surface area contributed by atoms with E-state index in [4.69, 9.17) is 0 Å². The quantitative estimate of drug-likeness (QED) is 0.849. The molecule has 23 heavy (non-hydrogen) atoms. The van der Waals surface area contributed by atoms with Crippen LogP contribution in [0, 0.1) is 12.8 Å². The van der Waals surface area contributed by atoms with Gasteiger partial charge in [-0.2, -0.15) is 0 Å². The smallest absolute Gasteiger partial charge is 0.228 e. The van der Waals surface area contributed by atoms with Crippen molar-refractivity contribution >= 4 is 17.5 Å². The summed E-state index contributed by atoms with van der Waals surface area (Å²) in [6.07, 6.45) is 0.334. The summed E-state index contributed by atoms with van der Waals surface area (Å²) in [5.41, 5.74) is 2.06. The van der Waals surface area contributed by atoms with E-state index in [-0.39, 0.29) is 17.7 Å². The van der Waals surface area contributed by atoms with Crippen LogP contribution in [0.1, 0.15) is 18.9 Å². The molecule has 1 aromatic rings. The van der Waals surface area contributed by atoms with E-state index >= 15 is 0 Å². The van der Waals surface area contributed by atoms with Crippen molar-refractivity contribution in [2.24, 2.45) is 5.92 Å². The number of hydrogen-bond donors (Lipinski definition) is 0. The first-order valence-corrected chi connectivity index (χ1v) is 8.46. The largest absolute Gasteiger partial charge is 0.340 e. The molecule has 2 saturated heterocycles.